The molecule has 2 fully saturated rings. The third-order valence-electron chi connectivity index (χ3n) is 7.52. The smallest absolute Gasteiger partial charge is 0.390 e. The Balaban J connectivity index is 1.42. The van der Waals surface area contributed by atoms with Crippen LogP contribution in [0.1, 0.15) is 44.7 Å². The fourth-order valence-corrected chi connectivity index (χ4v) is 5.12. The zero-order chi connectivity index (χ0) is 29.6. The predicted octanol–water partition coefficient (Wildman–Crippen LogP) is 4.35. The highest BCUT2D eigenvalue weighted by atomic mass is 19.4. The quantitative estimate of drug-likeness (QED) is 0.314. The first-order valence-corrected chi connectivity index (χ1v) is 13.2. The Hall–Kier alpha value is -3.59. The zero-order valence-electron chi connectivity index (χ0n) is 22.5. The van der Waals surface area contributed by atoms with E-state index in [0.717, 1.165) is 10.7 Å². The van der Waals surface area contributed by atoms with Gasteiger partial charge in [-0.1, -0.05) is 0 Å². The number of aromatic nitrogens is 5. The predicted molar refractivity (Wildman–Crippen MR) is 141 cm³/mol. The highest BCUT2D eigenvalue weighted by Gasteiger charge is 2.44. The Morgan fingerprint density at radius 2 is 1.80 bits per heavy atom. The molecule has 4 N–H and O–H groups in total. The van der Waals surface area contributed by atoms with Crippen LogP contribution in [0.5, 0.6) is 0 Å². The minimum absolute atomic E-state index is 0.0446. The number of piperidine rings is 1. The number of nitrogens with zero attached hydrogens (tertiary/aromatic N) is 6. The van der Waals surface area contributed by atoms with Gasteiger partial charge >= 0.3 is 6.18 Å². The van der Waals surface area contributed by atoms with Gasteiger partial charge in [0.25, 0.3) is 5.92 Å². The molecule has 3 aromatic heterocycles. The molecular formula is C26H31F5N8O2. The number of hydrogen-bond donors (Lipinski definition) is 4. The molecule has 0 bridgehead atoms. The first-order valence-electron chi connectivity index (χ1n) is 13.2. The Bertz CT molecular complexity index is 1390. The molecule has 5 rings (SSSR count). The van der Waals surface area contributed by atoms with E-state index in [4.69, 9.17) is 0 Å². The van der Waals surface area contributed by atoms with E-state index >= 15 is 0 Å². The maximum atomic E-state index is 14.1. The molecule has 2 aliphatic rings. The van der Waals surface area contributed by atoms with Gasteiger partial charge < -0.3 is 25.7 Å². The van der Waals surface area contributed by atoms with Crippen LogP contribution in [-0.4, -0.2) is 71.7 Å². The average molecular weight is 583 g/mol. The summed E-state index contributed by atoms with van der Waals surface area (Å²) in [6.07, 6.45) is -1.21. The molecule has 0 aromatic carbocycles. The van der Waals surface area contributed by atoms with E-state index in [2.05, 4.69) is 30.7 Å². The van der Waals surface area contributed by atoms with Crippen LogP contribution in [0.2, 0.25) is 0 Å². The van der Waals surface area contributed by atoms with Crippen LogP contribution in [0.4, 0.5) is 45.2 Å². The van der Waals surface area contributed by atoms with Gasteiger partial charge in [0.15, 0.2) is 0 Å². The maximum absolute atomic E-state index is 14.1. The zero-order valence-corrected chi connectivity index (χ0v) is 22.5. The number of aliphatic hydroxyl groups is 2. The van der Waals surface area contributed by atoms with Crippen molar-refractivity contribution in [1.29, 1.82) is 0 Å². The van der Waals surface area contributed by atoms with E-state index in [1.54, 1.807) is 13.0 Å². The number of rotatable bonds is 6. The summed E-state index contributed by atoms with van der Waals surface area (Å²) in [6, 6.07) is 4.07. The second-order valence-corrected chi connectivity index (χ2v) is 10.9. The largest absolute Gasteiger partial charge is 0.433 e. The second-order valence-electron chi connectivity index (χ2n) is 10.9. The van der Waals surface area contributed by atoms with Crippen LogP contribution >= 0.6 is 0 Å². The van der Waals surface area contributed by atoms with Crippen molar-refractivity contribution in [2.24, 2.45) is 7.05 Å². The molecule has 15 heteroatoms. The third-order valence-corrected chi connectivity index (χ3v) is 7.52. The first kappa shape index (κ1) is 28.9. The summed E-state index contributed by atoms with van der Waals surface area (Å²) in [4.78, 5) is 14.1. The van der Waals surface area contributed by atoms with Crippen LogP contribution in [0.15, 0.2) is 30.6 Å². The van der Waals surface area contributed by atoms with Gasteiger partial charge in [0.2, 0.25) is 5.95 Å². The van der Waals surface area contributed by atoms with Crippen molar-refractivity contribution in [3.05, 3.63) is 36.3 Å². The van der Waals surface area contributed by atoms with Gasteiger partial charge in [-0.15, -0.1) is 0 Å². The summed E-state index contributed by atoms with van der Waals surface area (Å²) in [5.74, 6) is -2.68. The summed E-state index contributed by atoms with van der Waals surface area (Å²) in [5.41, 5.74) is -0.743. The fraction of sp³-hybridized carbons (Fsp3) is 0.538. The monoisotopic (exact) mass is 582 g/mol. The molecule has 1 aliphatic carbocycles. The highest BCUT2D eigenvalue weighted by molar-refractivity contribution is 5.78. The van der Waals surface area contributed by atoms with Crippen LogP contribution in [-0.2, 0) is 13.2 Å². The molecule has 10 nitrogen and oxygen atoms in total. The van der Waals surface area contributed by atoms with Gasteiger partial charge in [-0.25, -0.2) is 18.7 Å². The summed E-state index contributed by atoms with van der Waals surface area (Å²) in [7, 11) is 1.22. The van der Waals surface area contributed by atoms with Crippen LogP contribution in [0.3, 0.4) is 0 Å². The highest BCUT2D eigenvalue weighted by Crippen LogP contribution is 2.37. The van der Waals surface area contributed by atoms with Crippen molar-refractivity contribution in [3.8, 4) is 11.3 Å². The van der Waals surface area contributed by atoms with Crippen molar-refractivity contribution < 1.29 is 32.2 Å². The van der Waals surface area contributed by atoms with Crippen molar-refractivity contribution >= 4 is 23.3 Å². The van der Waals surface area contributed by atoms with E-state index in [-0.39, 0.29) is 36.5 Å². The fourth-order valence-electron chi connectivity index (χ4n) is 5.12. The van der Waals surface area contributed by atoms with Crippen LogP contribution < -0.4 is 15.5 Å². The van der Waals surface area contributed by atoms with Gasteiger partial charge in [-0.2, -0.15) is 23.3 Å². The average Bonchev–Trinajstić information content (AvgIpc) is 3.29. The van der Waals surface area contributed by atoms with E-state index < -0.39 is 36.0 Å². The number of anilines is 4. The van der Waals surface area contributed by atoms with Crippen molar-refractivity contribution in [2.45, 2.75) is 68.9 Å². The Kier molecular flexibility index (Phi) is 7.53. The SMILES string of the molecule is Cn1nc(-c2cnc(Nc3ccnc(N4CCC(O)C(F)(F)C4)n3)cc2NC2CCC(C)(O)CC2)cc1C(F)(F)F. The summed E-state index contributed by atoms with van der Waals surface area (Å²) in [6.45, 7) is 1.20. The Morgan fingerprint density at radius 1 is 1.07 bits per heavy atom. The molecule has 41 heavy (non-hydrogen) atoms. The van der Waals surface area contributed by atoms with Crippen LogP contribution in [0, 0.1) is 0 Å². The minimum Gasteiger partial charge on any atom is -0.390 e. The second kappa shape index (κ2) is 10.7. The standard InChI is InChI=1S/C26H31F5N8O2/c1-24(41)7-3-15(4-8-24)34-17-12-22(33-13-16(17)18-11-19(26(29,30)31)38(2)37-18)35-21-5-9-32-23(36-21)39-10-6-20(40)25(27,28)14-39/h5,9,11-13,15,20,40-41H,3-4,6-8,10,14H2,1-2H3,(H2,32,33,34,35,36). The van der Waals surface area contributed by atoms with Gasteiger partial charge in [0, 0.05) is 49.3 Å². The topological polar surface area (TPSA) is 124 Å². The summed E-state index contributed by atoms with van der Waals surface area (Å²) >= 11 is 0. The third kappa shape index (κ3) is 6.50. The normalized spacial score (nSPS) is 24.8. The lowest BCUT2D eigenvalue weighted by Crippen LogP contribution is -2.52. The number of hydrogen-bond acceptors (Lipinski definition) is 9. The lowest BCUT2D eigenvalue weighted by molar-refractivity contribution is -0.143. The molecule has 222 valence electrons. The van der Waals surface area contributed by atoms with Crippen molar-refractivity contribution in [1.82, 2.24) is 24.7 Å². The lowest BCUT2D eigenvalue weighted by Gasteiger charge is -2.35. The number of alkyl halides is 5. The molecule has 3 aromatic rings. The van der Waals surface area contributed by atoms with Gasteiger partial charge in [-0.05, 0) is 51.2 Å². The Morgan fingerprint density at radius 3 is 2.46 bits per heavy atom. The molecule has 1 unspecified atom stereocenters. The molecule has 1 saturated heterocycles. The van der Waals surface area contributed by atoms with Crippen molar-refractivity contribution in [2.75, 3.05) is 28.6 Å². The number of aryl methyl sites for hydroxylation is 1. The van der Waals surface area contributed by atoms with Gasteiger partial charge in [-0.3, -0.25) is 4.68 Å². The van der Waals surface area contributed by atoms with E-state index in [0.29, 0.717) is 42.8 Å². The molecule has 0 amide bonds. The molecule has 0 spiro atoms. The molecule has 4 heterocycles. The van der Waals surface area contributed by atoms with Crippen LogP contribution in [0.25, 0.3) is 11.3 Å². The number of aliphatic hydroxyl groups excluding tert-OH is 1. The molecule has 1 saturated carbocycles. The van der Waals surface area contributed by atoms with Gasteiger partial charge in [0.05, 0.1) is 17.8 Å². The molecule has 1 atom stereocenters. The van der Waals surface area contributed by atoms with Gasteiger partial charge in [0.1, 0.15) is 23.4 Å². The first-order chi connectivity index (χ1) is 19.2. The number of pyridine rings is 1. The van der Waals surface area contributed by atoms with Crippen molar-refractivity contribution in [3.63, 3.8) is 0 Å². The van der Waals surface area contributed by atoms with E-state index in [1.807, 2.05) is 0 Å². The van der Waals surface area contributed by atoms with E-state index in [9.17, 15) is 32.2 Å². The lowest BCUT2D eigenvalue weighted by atomic mass is 9.83. The minimum atomic E-state index is -4.58. The van der Waals surface area contributed by atoms with E-state index in [1.165, 1.54) is 30.4 Å². The summed E-state index contributed by atoms with van der Waals surface area (Å²) in [5, 5.41) is 30.4. The summed E-state index contributed by atoms with van der Waals surface area (Å²) < 4.78 is 69.3. The number of nitrogens with one attached hydrogen (secondary N) is 2. The Labute approximate surface area is 232 Å². The molecule has 0 radical (unpaired) electrons. The molecular weight excluding hydrogens is 551 g/mol. The molecule has 1 aliphatic heterocycles. The number of halogens is 5. The maximum Gasteiger partial charge on any atom is 0.433 e.